The number of benzene rings is 1. The minimum absolute atomic E-state index is 0.0429. The summed E-state index contributed by atoms with van der Waals surface area (Å²) in [6.07, 6.45) is 2.25. The first-order chi connectivity index (χ1) is 6.77. The second kappa shape index (κ2) is 4.09. The molecule has 1 aromatic carbocycles. The summed E-state index contributed by atoms with van der Waals surface area (Å²) in [6.45, 7) is 3.91. The van der Waals surface area contributed by atoms with Gasteiger partial charge in [0.25, 0.3) is 0 Å². The van der Waals surface area contributed by atoms with Crippen LogP contribution in [0.2, 0.25) is 0 Å². The van der Waals surface area contributed by atoms with E-state index in [1.807, 2.05) is 19.1 Å². The van der Waals surface area contributed by atoms with Crippen molar-refractivity contribution in [3.63, 3.8) is 0 Å². The molecule has 76 valence electrons. The fraction of sp³-hybridized carbons (Fsp3) is 0.500. The fourth-order valence-electron chi connectivity index (χ4n) is 2.08. The highest BCUT2D eigenvalue weighted by Crippen LogP contribution is 2.25. The van der Waals surface area contributed by atoms with Gasteiger partial charge in [-0.05, 0) is 49.4 Å². The average Bonchev–Trinajstić information content (AvgIpc) is 2.19. The Labute approximate surface area is 84.3 Å². The van der Waals surface area contributed by atoms with E-state index in [-0.39, 0.29) is 5.82 Å². The van der Waals surface area contributed by atoms with Crippen molar-refractivity contribution in [2.45, 2.75) is 25.7 Å². The van der Waals surface area contributed by atoms with Crippen molar-refractivity contribution in [2.75, 3.05) is 13.1 Å². The molecule has 1 aliphatic rings. The molecule has 2 heteroatoms. The molecule has 0 amide bonds. The zero-order chi connectivity index (χ0) is 9.97. The van der Waals surface area contributed by atoms with Gasteiger partial charge in [0, 0.05) is 6.54 Å². The monoisotopic (exact) mass is 193 g/mol. The van der Waals surface area contributed by atoms with Gasteiger partial charge in [0.1, 0.15) is 5.82 Å². The van der Waals surface area contributed by atoms with Crippen LogP contribution in [0.5, 0.6) is 0 Å². The molecule has 1 saturated heterocycles. The molecule has 1 N–H and O–H groups in total. The zero-order valence-corrected chi connectivity index (χ0v) is 8.52. The van der Waals surface area contributed by atoms with Gasteiger partial charge in [-0.25, -0.2) is 4.39 Å². The predicted octanol–water partition coefficient (Wildman–Crippen LogP) is 2.60. The van der Waals surface area contributed by atoms with Gasteiger partial charge < -0.3 is 5.32 Å². The standard InChI is InChI=1S/C12H16FN/c1-9-4-5-11(12(13)7-9)10-3-2-6-14-8-10/h4-5,7,10,14H,2-3,6,8H2,1H3. The van der Waals surface area contributed by atoms with Crippen LogP contribution in [0.1, 0.15) is 29.9 Å². The number of piperidine rings is 1. The van der Waals surface area contributed by atoms with E-state index in [1.54, 1.807) is 6.07 Å². The van der Waals surface area contributed by atoms with E-state index in [9.17, 15) is 4.39 Å². The molecule has 0 saturated carbocycles. The predicted molar refractivity (Wildman–Crippen MR) is 56.0 cm³/mol. The Morgan fingerprint density at radius 1 is 1.43 bits per heavy atom. The lowest BCUT2D eigenvalue weighted by atomic mass is 9.91. The summed E-state index contributed by atoms with van der Waals surface area (Å²) in [4.78, 5) is 0. The lowest BCUT2D eigenvalue weighted by molar-refractivity contribution is 0.446. The smallest absolute Gasteiger partial charge is 0.126 e. The average molecular weight is 193 g/mol. The molecule has 14 heavy (non-hydrogen) atoms. The first-order valence-electron chi connectivity index (χ1n) is 5.24. The molecule has 1 unspecified atom stereocenters. The van der Waals surface area contributed by atoms with Crippen LogP contribution in [-0.2, 0) is 0 Å². The maximum absolute atomic E-state index is 13.6. The summed E-state index contributed by atoms with van der Waals surface area (Å²) in [5.41, 5.74) is 1.87. The van der Waals surface area contributed by atoms with Crippen LogP contribution in [0, 0.1) is 12.7 Å². The normalized spacial score (nSPS) is 22.3. The van der Waals surface area contributed by atoms with Gasteiger partial charge in [0.05, 0.1) is 0 Å². The summed E-state index contributed by atoms with van der Waals surface area (Å²) in [5.74, 6) is 0.322. The quantitative estimate of drug-likeness (QED) is 0.723. The summed E-state index contributed by atoms with van der Waals surface area (Å²) in [5, 5.41) is 3.31. The van der Waals surface area contributed by atoms with Crippen LogP contribution in [0.3, 0.4) is 0 Å². The number of hydrogen-bond donors (Lipinski definition) is 1. The van der Waals surface area contributed by atoms with Gasteiger partial charge in [0.15, 0.2) is 0 Å². The van der Waals surface area contributed by atoms with E-state index >= 15 is 0 Å². The minimum Gasteiger partial charge on any atom is -0.316 e. The van der Waals surface area contributed by atoms with E-state index < -0.39 is 0 Å². The Morgan fingerprint density at radius 3 is 2.93 bits per heavy atom. The Morgan fingerprint density at radius 2 is 2.29 bits per heavy atom. The van der Waals surface area contributed by atoms with E-state index in [4.69, 9.17) is 0 Å². The topological polar surface area (TPSA) is 12.0 Å². The second-order valence-corrected chi connectivity index (χ2v) is 4.07. The Hall–Kier alpha value is -0.890. The molecule has 0 aromatic heterocycles. The van der Waals surface area contributed by atoms with E-state index in [0.29, 0.717) is 5.92 Å². The van der Waals surface area contributed by atoms with Gasteiger partial charge in [-0.15, -0.1) is 0 Å². The zero-order valence-electron chi connectivity index (χ0n) is 8.52. The third-order valence-corrected chi connectivity index (χ3v) is 2.89. The minimum atomic E-state index is -0.0429. The molecule has 0 bridgehead atoms. The van der Waals surface area contributed by atoms with Crippen LogP contribution >= 0.6 is 0 Å². The third kappa shape index (κ3) is 1.95. The van der Waals surface area contributed by atoms with E-state index in [2.05, 4.69) is 5.32 Å². The fourth-order valence-corrected chi connectivity index (χ4v) is 2.08. The van der Waals surface area contributed by atoms with Crippen LogP contribution in [-0.4, -0.2) is 13.1 Å². The maximum atomic E-state index is 13.6. The van der Waals surface area contributed by atoms with Gasteiger partial charge in [0.2, 0.25) is 0 Å². The van der Waals surface area contributed by atoms with Crippen molar-refractivity contribution in [1.29, 1.82) is 0 Å². The molecule has 1 nitrogen and oxygen atoms in total. The summed E-state index contributed by atoms with van der Waals surface area (Å²) in [7, 11) is 0. The largest absolute Gasteiger partial charge is 0.316 e. The highest BCUT2D eigenvalue weighted by atomic mass is 19.1. The highest BCUT2D eigenvalue weighted by molar-refractivity contribution is 5.27. The number of rotatable bonds is 1. The molecule has 0 aliphatic carbocycles. The molecule has 0 spiro atoms. The maximum Gasteiger partial charge on any atom is 0.126 e. The first-order valence-corrected chi connectivity index (χ1v) is 5.24. The van der Waals surface area contributed by atoms with Crippen LogP contribution in [0.4, 0.5) is 4.39 Å². The number of nitrogens with one attached hydrogen (secondary N) is 1. The molecule has 1 aliphatic heterocycles. The molecule has 1 fully saturated rings. The van der Waals surface area contributed by atoms with Crippen molar-refractivity contribution in [3.8, 4) is 0 Å². The van der Waals surface area contributed by atoms with Crippen molar-refractivity contribution in [3.05, 3.63) is 35.1 Å². The summed E-state index contributed by atoms with van der Waals surface area (Å²) >= 11 is 0. The number of hydrogen-bond acceptors (Lipinski definition) is 1. The molecular weight excluding hydrogens is 177 g/mol. The van der Waals surface area contributed by atoms with E-state index in [0.717, 1.165) is 37.1 Å². The van der Waals surface area contributed by atoms with Gasteiger partial charge in [-0.2, -0.15) is 0 Å². The van der Waals surface area contributed by atoms with Crippen molar-refractivity contribution in [1.82, 2.24) is 5.32 Å². The van der Waals surface area contributed by atoms with Crippen LogP contribution in [0.15, 0.2) is 18.2 Å². The van der Waals surface area contributed by atoms with Crippen molar-refractivity contribution < 1.29 is 4.39 Å². The van der Waals surface area contributed by atoms with Gasteiger partial charge >= 0.3 is 0 Å². The van der Waals surface area contributed by atoms with Gasteiger partial charge in [-0.1, -0.05) is 12.1 Å². The summed E-state index contributed by atoms with van der Waals surface area (Å²) in [6, 6.07) is 5.55. The highest BCUT2D eigenvalue weighted by Gasteiger charge is 2.17. The van der Waals surface area contributed by atoms with Crippen molar-refractivity contribution >= 4 is 0 Å². The van der Waals surface area contributed by atoms with Crippen LogP contribution in [0.25, 0.3) is 0 Å². The molecule has 1 aromatic rings. The Balaban J connectivity index is 2.22. The number of halogens is 1. The lowest BCUT2D eigenvalue weighted by Gasteiger charge is -2.23. The lowest BCUT2D eigenvalue weighted by Crippen LogP contribution is -2.28. The molecule has 1 heterocycles. The SMILES string of the molecule is Cc1ccc(C2CCCNC2)c(F)c1. The Kier molecular flexibility index (Phi) is 2.82. The molecule has 1 atom stereocenters. The summed E-state index contributed by atoms with van der Waals surface area (Å²) < 4.78 is 13.6. The third-order valence-electron chi connectivity index (χ3n) is 2.89. The van der Waals surface area contributed by atoms with E-state index in [1.165, 1.54) is 0 Å². The molecular formula is C12H16FN. The van der Waals surface area contributed by atoms with Crippen molar-refractivity contribution in [2.24, 2.45) is 0 Å². The first kappa shape index (κ1) is 9.66. The molecule has 2 rings (SSSR count). The van der Waals surface area contributed by atoms with Gasteiger partial charge in [-0.3, -0.25) is 0 Å². The second-order valence-electron chi connectivity index (χ2n) is 4.07. The number of aryl methyl sites for hydroxylation is 1. The Bertz CT molecular complexity index is 316. The van der Waals surface area contributed by atoms with Crippen LogP contribution < -0.4 is 5.32 Å². The molecule has 0 radical (unpaired) electrons.